The lowest BCUT2D eigenvalue weighted by Crippen LogP contribution is -2.07. The predicted molar refractivity (Wildman–Crippen MR) is 58.1 cm³/mol. The van der Waals surface area contributed by atoms with Crippen molar-refractivity contribution in [2.75, 3.05) is 19.8 Å². The number of anilines is 1. The van der Waals surface area contributed by atoms with Gasteiger partial charge in [-0.15, -0.1) is 4.91 Å². The van der Waals surface area contributed by atoms with E-state index in [-0.39, 0.29) is 0 Å². The minimum atomic E-state index is 0.311. The quantitative estimate of drug-likeness (QED) is 0.344. The Morgan fingerprint density at radius 2 is 2.14 bits per heavy atom. The number of benzene rings is 1. The topological polar surface area (TPSA) is 71.0 Å². The zero-order valence-corrected chi connectivity index (χ0v) is 8.14. The smallest absolute Gasteiger partial charge is 0.110 e. The largest absolute Gasteiger partial charge is 0.397 e. The van der Waals surface area contributed by atoms with Crippen LogP contribution in [0.2, 0.25) is 0 Å². The molecule has 0 unspecified atom stereocenters. The molecule has 5 nitrogen and oxygen atoms in total. The van der Waals surface area contributed by atoms with E-state index in [9.17, 15) is 4.91 Å². The van der Waals surface area contributed by atoms with Crippen molar-refractivity contribution in [1.82, 2.24) is 4.90 Å². The summed E-state index contributed by atoms with van der Waals surface area (Å²) in [6, 6.07) is 4.73. The van der Waals surface area contributed by atoms with Crippen LogP contribution >= 0.6 is 0 Å². The highest BCUT2D eigenvalue weighted by Crippen LogP contribution is 2.26. The van der Waals surface area contributed by atoms with E-state index in [4.69, 9.17) is 5.73 Å². The number of rotatable bonds is 3. The van der Waals surface area contributed by atoms with Crippen LogP contribution in [0.1, 0.15) is 0 Å². The first kappa shape index (κ1) is 10.2. The van der Waals surface area contributed by atoms with E-state index >= 15 is 0 Å². The van der Waals surface area contributed by atoms with Gasteiger partial charge in [-0.05, 0) is 23.4 Å². The van der Waals surface area contributed by atoms with Gasteiger partial charge in [0.05, 0.1) is 17.7 Å². The third-order valence-electron chi connectivity index (χ3n) is 1.54. The Bertz CT molecular complexity index is 360. The van der Waals surface area contributed by atoms with Gasteiger partial charge in [0.1, 0.15) is 5.69 Å². The lowest BCUT2D eigenvalue weighted by molar-refractivity contribution is 0.643. The molecule has 0 radical (unpaired) electrons. The Kier molecular flexibility index (Phi) is 3.17. The Hall–Kier alpha value is -1.91. The first-order valence-electron chi connectivity index (χ1n) is 4.07. The van der Waals surface area contributed by atoms with Crippen molar-refractivity contribution >= 4 is 23.4 Å². The van der Waals surface area contributed by atoms with E-state index in [1.54, 1.807) is 23.4 Å². The lowest BCUT2D eigenvalue weighted by Gasteiger charge is -2.04. The van der Waals surface area contributed by atoms with E-state index in [0.717, 1.165) is 0 Å². The number of hydrogen-bond acceptors (Lipinski definition) is 4. The van der Waals surface area contributed by atoms with Crippen LogP contribution in [0.25, 0.3) is 0 Å². The predicted octanol–water partition coefficient (Wildman–Crippen LogP) is 1.89. The van der Waals surface area contributed by atoms with Gasteiger partial charge in [-0.3, -0.25) is 0 Å². The fraction of sp³-hybridized carbons (Fsp3) is 0.222. The molecule has 0 heterocycles. The standard InChI is InChI=1S/C9H12N4O/c1-13(2)6-11-9-4-3-7(12-14)5-8(9)10/h3-6H,10H2,1-2H3. The number of aliphatic imine (C=N–C) groups is 1. The van der Waals surface area contributed by atoms with E-state index < -0.39 is 0 Å². The molecule has 0 aliphatic heterocycles. The molecule has 0 bridgehead atoms. The molecule has 74 valence electrons. The minimum Gasteiger partial charge on any atom is -0.397 e. The summed E-state index contributed by atoms with van der Waals surface area (Å²) in [5.41, 5.74) is 7.04. The van der Waals surface area contributed by atoms with E-state index in [0.29, 0.717) is 17.1 Å². The first-order chi connectivity index (χ1) is 6.63. The molecule has 0 fully saturated rings. The third kappa shape index (κ3) is 2.55. The average Bonchev–Trinajstić information content (AvgIpc) is 2.15. The van der Waals surface area contributed by atoms with Crippen LogP contribution in [0.5, 0.6) is 0 Å². The van der Waals surface area contributed by atoms with Gasteiger partial charge in [0.25, 0.3) is 0 Å². The summed E-state index contributed by atoms with van der Waals surface area (Å²) in [5, 5.41) is 2.78. The SMILES string of the molecule is CN(C)C=Nc1ccc(N=O)cc1N. The van der Waals surface area contributed by atoms with Crippen LogP contribution in [-0.4, -0.2) is 25.3 Å². The van der Waals surface area contributed by atoms with Gasteiger partial charge in [-0.25, -0.2) is 4.99 Å². The second-order valence-electron chi connectivity index (χ2n) is 3.04. The molecule has 0 spiro atoms. The monoisotopic (exact) mass is 192 g/mol. The molecule has 14 heavy (non-hydrogen) atoms. The third-order valence-corrected chi connectivity index (χ3v) is 1.54. The van der Waals surface area contributed by atoms with Crippen molar-refractivity contribution in [3.63, 3.8) is 0 Å². The highest BCUT2D eigenvalue weighted by molar-refractivity contribution is 5.72. The van der Waals surface area contributed by atoms with Gasteiger partial charge in [0.15, 0.2) is 0 Å². The summed E-state index contributed by atoms with van der Waals surface area (Å²) < 4.78 is 0. The van der Waals surface area contributed by atoms with E-state index in [2.05, 4.69) is 10.2 Å². The van der Waals surface area contributed by atoms with Crippen LogP contribution in [-0.2, 0) is 0 Å². The Morgan fingerprint density at radius 1 is 1.43 bits per heavy atom. The van der Waals surface area contributed by atoms with Crippen LogP contribution in [0.3, 0.4) is 0 Å². The van der Waals surface area contributed by atoms with Gasteiger partial charge in [0, 0.05) is 14.1 Å². The Balaban J connectivity index is 2.94. The van der Waals surface area contributed by atoms with E-state index in [1.807, 2.05) is 14.1 Å². The van der Waals surface area contributed by atoms with Gasteiger partial charge in [-0.1, -0.05) is 0 Å². The zero-order valence-electron chi connectivity index (χ0n) is 8.14. The molecule has 1 aromatic rings. The number of nitrogens with two attached hydrogens (primary N) is 1. The molecule has 0 amide bonds. The Labute approximate surface area is 82.2 Å². The Morgan fingerprint density at radius 3 is 2.64 bits per heavy atom. The second kappa shape index (κ2) is 4.36. The summed E-state index contributed by atoms with van der Waals surface area (Å²) in [7, 11) is 3.72. The maximum absolute atomic E-state index is 10.2. The molecule has 0 saturated heterocycles. The number of nitroso groups, excluding NO2 is 1. The van der Waals surface area contributed by atoms with Crippen molar-refractivity contribution in [3.05, 3.63) is 23.1 Å². The second-order valence-corrected chi connectivity index (χ2v) is 3.04. The van der Waals surface area contributed by atoms with Gasteiger partial charge in [-0.2, -0.15) is 0 Å². The summed E-state index contributed by atoms with van der Waals surface area (Å²) in [4.78, 5) is 16.1. The van der Waals surface area contributed by atoms with Crippen molar-refractivity contribution in [1.29, 1.82) is 0 Å². The summed E-state index contributed by atoms with van der Waals surface area (Å²) >= 11 is 0. The number of nitrogens with zero attached hydrogens (tertiary/aromatic N) is 3. The van der Waals surface area contributed by atoms with Crippen LogP contribution in [0, 0.1) is 4.91 Å². The maximum atomic E-state index is 10.2. The molecule has 1 aromatic carbocycles. The molecule has 0 aliphatic carbocycles. The normalized spacial score (nSPS) is 10.4. The molecule has 0 aromatic heterocycles. The highest BCUT2D eigenvalue weighted by Gasteiger charge is 1.98. The summed E-state index contributed by atoms with van der Waals surface area (Å²) in [6.07, 6.45) is 1.64. The van der Waals surface area contributed by atoms with Crippen molar-refractivity contribution in [2.45, 2.75) is 0 Å². The molecule has 5 heteroatoms. The van der Waals surface area contributed by atoms with Crippen molar-refractivity contribution in [3.8, 4) is 0 Å². The van der Waals surface area contributed by atoms with Gasteiger partial charge >= 0.3 is 0 Å². The fourth-order valence-electron chi connectivity index (χ4n) is 0.894. The van der Waals surface area contributed by atoms with Gasteiger partial charge in [0.2, 0.25) is 0 Å². The molecule has 0 saturated carbocycles. The first-order valence-corrected chi connectivity index (χ1v) is 4.07. The number of hydrogen-bond donors (Lipinski definition) is 1. The summed E-state index contributed by atoms with van der Waals surface area (Å²) in [5.74, 6) is 0. The highest BCUT2D eigenvalue weighted by atomic mass is 16.3. The zero-order chi connectivity index (χ0) is 10.6. The fourth-order valence-corrected chi connectivity index (χ4v) is 0.894. The molecule has 2 N–H and O–H groups in total. The molecule has 0 atom stereocenters. The average molecular weight is 192 g/mol. The summed E-state index contributed by atoms with van der Waals surface area (Å²) in [6.45, 7) is 0. The maximum Gasteiger partial charge on any atom is 0.110 e. The van der Waals surface area contributed by atoms with Gasteiger partial charge < -0.3 is 10.6 Å². The molecule has 1 rings (SSSR count). The van der Waals surface area contributed by atoms with Crippen LogP contribution < -0.4 is 5.73 Å². The van der Waals surface area contributed by atoms with Crippen molar-refractivity contribution in [2.24, 2.45) is 10.2 Å². The van der Waals surface area contributed by atoms with Crippen molar-refractivity contribution < 1.29 is 0 Å². The number of nitrogen functional groups attached to an aromatic ring is 1. The molecule has 0 aliphatic rings. The van der Waals surface area contributed by atoms with Crippen LogP contribution in [0.4, 0.5) is 17.1 Å². The molecular formula is C9H12N4O. The van der Waals surface area contributed by atoms with Crippen LogP contribution in [0.15, 0.2) is 28.4 Å². The lowest BCUT2D eigenvalue weighted by atomic mass is 10.2. The van der Waals surface area contributed by atoms with E-state index in [1.165, 1.54) is 6.07 Å². The molecular weight excluding hydrogens is 180 g/mol. The minimum absolute atomic E-state index is 0.311.